The Kier molecular flexibility index (Phi) is 6.08. The smallest absolute Gasteiger partial charge is 0.239 e. The number of piperazine rings is 1. The van der Waals surface area contributed by atoms with E-state index >= 15 is 0 Å². The Hall–Kier alpha value is -2.45. The van der Waals surface area contributed by atoms with E-state index in [0.717, 1.165) is 37.4 Å². The lowest BCUT2D eigenvalue weighted by atomic mass is 10.2. The molecule has 0 spiro atoms. The van der Waals surface area contributed by atoms with Crippen molar-refractivity contribution in [2.24, 2.45) is 7.05 Å². The van der Waals surface area contributed by atoms with Crippen LogP contribution in [0.1, 0.15) is 11.3 Å². The maximum Gasteiger partial charge on any atom is 0.239 e. The molecule has 0 radical (unpaired) electrons. The molecule has 1 saturated heterocycles. The van der Waals surface area contributed by atoms with Crippen LogP contribution in [0.25, 0.3) is 0 Å². The number of aromatic nitrogens is 2. The summed E-state index contributed by atoms with van der Waals surface area (Å²) in [5, 5.41) is 7.12. The van der Waals surface area contributed by atoms with Crippen molar-refractivity contribution in [2.75, 3.05) is 45.2 Å². The van der Waals surface area contributed by atoms with E-state index in [0.29, 0.717) is 18.9 Å². The van der Waals surface area contributed by atoms with Crippen LogP contribution >= 0.6 is 0 Å². The molecular weight excluding hydrogens is 349 g/mol. The van der Waals surface area contributed by atoms with E-state index < -0.39 is 0 Å². The molecule has 146 valence electrons. The van der Waals surface area contributed by atoms with Gasteiger partial charge in [0.25, 0.3) is 0 Å². The largest absolute Gasteiger partial charge is 0.494 e. The minimum absolute atomic E-state index is 0.0383. The molecule has 1 aromatic heterocycles. The van der Waals surface area contributed by atoms with Crippen molar-refractivity contribution in [3.63, 3.8) is 0 Å². The van der Waals surface area contributed by atoms with E-state index in [1.165, 1.54) is 13.2 Å². The highest BCUT2D eigenvalue weighted by Gasteiger charge is 2.20. The lowest BCUT2D eigenvalue weighted by Crippen LogP contribution is -2.48. The Morgan fingerprint density at radius 2 is 1.93 bits per heavy atom. The lowest BCUT2D eigenvalue weighted by Gasteiger charge is -2.34. The summed E-state index contributed by atoms with van der Waals surface area (Å²) in [5.74, 6) is 0.593. The van der Waals surface area contributed by atoms with Gasteiger partial charge in [-0.05, 0) is 24.6 Å². The molecule has 1 fully saturated rings. The zero-order valence-electron chi connectivity index (χ0n) is 16.0. The standard InChI is InChI=1S/C19H26FN5O2/c1-14-10-18(23(2)22-14)21-19(26)13-25-8-6-24(7-9-25)12-15-4-5-17(27-3)16(20)11-15/h4-5,10-11H,6-9,12-13H2,1-3H3,(H,21,26). The number of methoxy groups -OCH3 is 1. The Morgan fingerprint density at radius 3 is 2.52 bits per heavy atom. The number of nitrogens with zero attached hydrogens (tertiary/aromatic N) is 4. The summed E-state index contributed by atoms with van der Waals surface area (Å²) in [4.78, 5) is 16.6. The zero-order chi connectivity index (χ0) is 19.4. The number of aryl methyl sites for hydroxylation is 2. The highest BCUT2D eigenvalue weighted by molar-refractivity contribution is 5.91. The Balaban J connectivity index is 1.45. The van der Waals surface area contributed by atoms with Gasteiger partial charge in [0, 0.05) is 45.8 Å². The molecule has 0 unspecified atom stereocenters. The predicted octanol–water partition coefficient (Wildman–Crippen LogP) is 1.63. The first-order valence-electron chi connectivity index (χ1n) is 9.02. The summed E-state index contributed by atoms with van der Waals surface area (Å²) in [7, 11) is 3.27. The van der Waals surface area contributed by atoms with Gasteiger partial charge in [-0.3, -0.25) is 19.3 Å². The molecule has 1 aliphatic heterocycles. The van der Waals surface area contributed by atoms with Crippen LogP contribution in [0.5, 0.6) is 5.75 Å². The zero-order valence-corrected chi connectivity index (χ0v) is 16.0. The molecule has 1 aliphatic rings. The third-order valence-corrected chi connectivity index (χ3v) is 4.72. The summed E-state index contributed by atoms with van der Waals surface area (Å²) in [6, 6.07) is 6.92. The number of amides is 1. The van der Waals surface area contributed by atoms with Crippen molar-refractivity contribution in [1.82, 2.24) is 19.6 Å². The van der Waals surface area contributed by atoms with Gasteiger partial charge in [-0.15, -0.1) is 0 Å². The second kappa shape index (κ2) is 8.49. The maximum absolute atomic E-state index is 13.8. The van der Waals surface area contributed by atoms with Gasteiger partial charge in [0.2, 0.25) is 5.91 Å². The second-order valence-electron chi connectivity index (χ2n) is 6.86. The number of nitrogens with one attached hydrogen (secondary N) is 1. The van der Waals surface area contributed by atoms with Crippen LogP contribution < -0.4 is 10.1 Å². The molecule has 3 rings (SSSR count). The van der Waals surface area contributed by atoms with Crippen molar-refractivity contribution in [3.05, 3.63) is 41.3 Å². The molecule has 1 amide bonds. The van der Waals surface area contributed by atoms with Crippen LogP contribution in [0.15, 0.2) is 24.3 Å². The number of benzene rings is 1. The van der Waals surface area contributed by atoms with Crippen molar-refractivity contribution in [1.29, 1.82) is 0 Å². The van der Waals surface area contributed by atoms with Crippen LogP contribution in [0.3, 0.4) is 0 Å². The Labute approximate surface area is 158 Å². The first kappa shape index (κ1) is 19.3. The second-order valence-corrected chi connectivity index (χ2v) is 6.86. The molecule has 0 bridgehead atoms. The van der Waals surface area contributed by atoms with E-state index in [4.69, 9.17) is 4.74 Å². The number of anilines is 1. The molecule has 8 heteroatoms. The summed E-state index contributed by atoms with van der Waals surface area (Å²) in [6.45, 7) is 6.22. The topological polar surface area (TPSA) is 62.6 Å². The Bertz CT molecular complexity index is 799. The van der Waals surface area contributed by atoms with Crippen LogP contribution in [0.2, 0.25) is 0 Å². The van der Waals surface area contributed by atoms with Gasteiger partial charge in [0.1, 0.15) is 5.82 Å². The summed E-state index contributed by atoms with van der Waals surface area (Å²) in [5.41, 5.74) is 1.79. The fourth-order valence-corrected chi connectivity index (χ4v) is 3.29. The highest BCUT2D eigenvalue weighted by atomic mass is 19.1. The molecule has 1 N–H and O–H groups in total. The molecule has 0 aliphatic carbocycles. The van der Waals surface area contributed by atoms with E-state index in [1.54, 1.807) is 10.7 Å². The molecular formula is C19H26FN5O2. The number of hydrogen-bond donors (Lipinski definition) is 1. The average Bonchev–Trinajstić information content (AvgIpc) is 2.94. The first-order valence-corrected chi connectivity index (χ1v) is 9.02. The quantitative estimate of drug-likeness (QED) is 0.832. The van der Waals surface area contributed by atoms with Gasteiger partial charge >= 0.3 is 0 Å². The first-order chi connectivity index (χ1) is 12.9. The van der Waals surface area contributed by atoms with Crippen LogP contribution in [-0.4, -0.2) is 65.3 Å². The molecule has 27 heavy (non-hydrogen) atoms. The van der Waals surface area contributed by atoms with Crippen molar-refractivity contribution < 1.29 is 13.9 Å². The van der Waals surface area contributed by atoms with Gasteiger partial charge in [-0.1, -0.05) is 6.07 Å². The van der Waals surface area contributed by atoms with Gasteiger partial charge in [0.15, 0.2) is 11.6 Å². The number of ether oxygens (including phenoxy) is 1. The van der Waals surface area contributed by atoms with Crippen molar-refractivity contribution in [3.8, 4) is 5.75 Å². The fourth-order valence-electron chi connectivity index (χ4n) is 3.29. The number of rotatable bonds is 6. The Morgan fingerprint density at radius 1 is 1.22 bits per heavy atom. The number of carbonyl (C=O) groups excluding carboxylic acids is 1. The van der Waals surface area contributed by atoms with Gasteiger partial charge in [-0.25, -0.2) is 4.39 Å². The monoisotopic (exact) mass is 375 g/mol. The van der Waals surface area contributed by atoms with E-state index in [2.05, 4.69) is 20.2 Å². The molecule has 7 nitrogen and oxygen atoms in total. The normalized spacial score (nSPS) is 15.7. The van der Waals surface area contributed by atoms with Crippen LogP contribution in [0, 0.1) is 12.7 Å². The van der Waals surface area contributed by atoms with Crippen LogP contribution in [-0.2, 0) is 18.4 Å². The number of halogens is 1. The fraction of sp³-hybridized carbons (Fsp3) is 0.474. The maximum atomic E-state index is 13.8. The van der Waals surface area contributed by atoms with Crippen molar-refractivity contribution in [2.45, 2.75) is 13.5 Å². The van der Waals surface area contributed by atoms with E-state index in [1.807, 2.05) is 26.1 Å². The number of hydrogen-bond acceptors (Lipinski definition) is 5. The highest BCUT2D eigenvalue weighted by Crippen LogP contribution is 2.19. The molecule has 2 aromatic rings. The van der Waals surface area contributed by atoms with Gasteiger partial charge < -0.3 is 10.1 Å². The van der Waals surface area contributed by atoms with Crippen molar-refractivity contribution >= 4 is 11.7 Å². The van der Waals surface area contributed by atoms with Crippen LogP contribution in [0.4, 0.5) is 10.2 Å². The summed E-state index contributed by atoms with van der Waals surface area (Å²) >= 11 is 0. The molecule has 0 saturated carbocycles. The van der Waals surface area contributed by atoms with Gasteiger partial charge in [0.05, 0.1) is 19.3 Å². The predicted molar refractivity (Wildman–Crippen MR) is 101 cm³/mol. The summed E-state index contributed by atoms with van der Waals surface area (Å²) in [6.07, 6.45) is 0. The average molecular weight is 375 g/mol. The SMILES string of the molecule is COc1ccc(CN2CCN(CC(=O)Nc3cc(C)nn3C)CC2)cc1F. The van der Waals surface area contributed by atoms with Gasteiger partial charge in [-0.2, -0.15) is 5.10 Å². The lowest BCUT2D eigenvalue weighted by molar-refractivity contribution is -0.117. The molecule has 0 atom stereocenters. The molecule has 2 heterocycles. The third-order valence-electron chi connectivity index (χ3n) is 4.72. The molecule has 1 aromatic carbocycles. The minimum Gasteiger partial charge on any atom is -0.494 e. The van der Waals surface area contributed by atoms with E-state index in [9.17, 15) is 9.18 Å². The minimum atomic E-state index is -0.337. The summed E-state index contributed by atoms with van der Waals surface area (Å²) < 4.78 is 20.4. The van der Waals surface area contributed by atoms with E-state index in [-0.39, 0.29) is 17.5 Å². The third kappa shape index (κ3) is 5.05. The number of carbonyl (C=O) groups is 1.